The standard InChI is InChI=1S/C18H32N4O/c1-2-16(23)14-22-17(19-18(20-22)15-8-9-15)10-13-21-11-6-4-3-5-7-12-21/h15-16,23H,2-14H2,1H3/t16-/m0/s1. The number of hydrogen-bond donors (Lipinski definition) is 1. The Balaban J connectivity index is 1.60. The van der Waals surface area contributed by atoms with Gasteiger partial charge in [-0.1, -0.05) is 26.2 Å². The maximum Gasteiger partial charge on any atom is 0.154 e. The molecule has 2 heterocycles. The molecule has 1 N–H and O–H groups in total. The summed E-state index contributed by atoms with van der Waals surface area (Å²) in [5, 5.41) is 14.7. The zero-order chi connectivity index (χ0) is 16.1. The molecule has 0 bridgehead atoms. The van der Waals surface area contributed by atoms with Crippen LogP contribution in [0, 0.1) is 0 Å². The van der Waals surface area contributed by atoms with E-state index in [4.69, 9.17) is 4.98 Å². The second-order valence-electron chi connectivity index (χ2n) is 7.26. The van der Waals surface area contributed by atoms with Crippen molar-refractivity contribution in [3.05, 3.63) is 11.6 Å². The summed E-state index contributed by atoms with van der Waals surface area (Å²) in [4.78, 5) is 7.39. The summed E-state index contributed by atoms with van der Waals surface area (Å²) in [6.45, 7) is 6.13. The van der Waals surface area contributed by atoms with Gasteiger partial charge >= 0.3 is 0 Å². The second kappa shape index (κ2) is 8.25. The molecule has 1 atom stereocenters. The Bertz CT molecular complexity index is 475. The highest BCUT2D eigenvalue weighted by Crippen LogP contribution is 2.38. The van der Waals surface area contributed by atoms with Crippen LogP contribution >= 0.6 is 0 Å². The SMILES string of the molecule is CC[C@H](O)Cn1nc(C2CC2)nc1CCN1CCCCCCC1. The van der Waals surface area contributed by atoms with Gasteiger partial charge in [0.25, 0.3) is 0 Å². The van der Waals surface area contributed by atoms with Gasteiger partial charge in [0.1, 0.15) is 5.82 Å². The summed E-state index contributed by atoms with van der Waals surface area (Å²) in [5.41, 5.74) is 0. The van der Waals surface area contributed by atoms with Crippen molar-refractivity contribution in [1.82, 2.24) is 19.7 Å². The molecule has 1 aliphatic carbocycles. The van der Waals surface area contributed by atoms with Crippen LogP contribution in [0.1, 0.15) is 75.9 Å². The quantitative estimate of drug-likeness (QED) is 0.839. The van der Waals surface area contributed by atoms with E-state index < -0.39 is 0 Å². The zero-order valence-corrected chi connectivity index (χ0v) is 14.6. The van der Waals surface area contributed by atoms with Crippen LogP contribution in [0.3, 0.4) is 0 Å². The summed E-state index contributed by atoms with van der Waals surface area (Å²) >= 11 is 0. The highest BCUT2D eigenvalue weighted by Gasteiger charge is 2.29. The molecule has 0 unspecified atom stereocenters. The van der Waals surface area contributed by atoms with E-state index in [1.54, 1.807) is 0 Å². The number of nitrogens with zero attached hydrogens (tertiary/aromatic N) is 4. The first-order valence-corrected chi connectivity index (χ1v) is 9.60. The van der Waals surface area contributed by atoms with Crippen molar-refractivity contribution in [2.24, 2.45) is 0 Å². The molecule has 0 amide bonds. The van der Waals surface area contributed by atoms with Gasteiger partial charge < -0.3 is 10.0 Å². The summed E-state index contributed by atoms with van der Waals surface area (Å²) < 4.78 is 1.98. The van der Waals surface area contributed by atoms with Gasteiger partial charge in [-0.2, -0.15) is 5.10 Å². The lowest BCUT2D eigenvalue weighted by Gasteiger charge is -2.24. The van der Waals surface area contributed by atoms with Crippen LogP contribution < -0.4 is 0 Å². The highest BCUT2D eigenvalue weighted by molar-refractivity contribution is 5.06. The molecule has 1 saturated heterocycles. The molecule has 1 aromatic rings. The molecule has 2 fully saturated rings. The van der Waals surface area contributed by atoms with Gasteiger partial charge in [0.05, 0.1) is 12.6 Å². The summed E-state index contributed by atoms with van der Waals surface area (Å²) in [6, 6.07) is 0. The van der Waals surface area contributed by atoms with Crippen LogP contribution in [0.5, 0.6) is 0 Å². The Kier molecular flexibility index (Phi) is 6.06. The Labute approximate surface area is 140 Å². The highest BCUT2D eigenvalue weighted by atomic mass is 16.3. The van der Waals surface area contributed by atoms with E-state index in [1.807, 2.05) is 11.6 Å². The lowest BCUT2D eigenvalue weighted by atomic mass is 10.1. The van der Waals surface area contributed by atoms with Crippen molar-refractivity contribution in [1.29, 1.82) is 0 Å². The van der Waals surface area contributed by atoms with Gasteiger partial charge in [-0.3, -0.25) is 0 Å². The van der Waals surface area contributed by atoms with Crippen molar-refractivity contribution in [3.63, 3.8) is 0 Å². The third-order valence-corrected chi connectivity index (χ3v) is 5.16. The monoisotopic (exact) mass is 320 g/mol. The number of likely N-dealkylation sites (tertiary alicyclic amines) is 1. The summed E-state index contributed by atoms with van der Waals surface area (Å²) in [6.07, 6.45) is 10.7. The van der Waals surface area contributed by atoms with E-state index in [9.17, 15) is 5.11 Å². The van der Waals surface area contributed by atoms with Crippen LogP contribution in [-0.4, -0.2) is 50.5 Å². The number of hydrogen-bond acceptors (Lipinski definition) is 4. The molecule has 5 nitrogen and oxygen atoms in total. The molecule has 0 radical (unpaired) electrons. The smallest absolute Gasteiger partial charge is 0.154 e. The van der Waals surface area contributed by atoms with E-state index >= 15 is 0 Å². The van der Waals surface area contributed by atoms with Crippen LogP contribution in [0.25, 0.3) is 0 Å². The maximum absolute atomic E-state index is 9.99. The van der Waals surface area contributed by atoms with E-state index in [0.29, 0.717) is 12.5 Å². The van der Waals surface area contributed by atoms with Gasteiger partial charge in [-0.15, -0.1) is 0 Å². The third-order valence-electron chi connectivity index (χ3n) is 5.16. The maximum atomic E-state index is 9.99. The van der Waals surface area contributed by atoms with Crippen molar-refractivity contribution < 1.29 is 5.11 Å². The molecule has 1 aliphatic heterocycles. The number of aromatic nitrogens is 3. The molecule has 5 heteroatoms. The molecule has 1 saturated carbocycles. The van der Waals surface area contributed by atoms with E-state index in [-0.39, 0.29) is 6.10 Å². The van der Waals surface area contributed by atoms with Crippen LogP contribution in [-0.2, 0) is 13.0 Å². The van der Waals surface area contributed by atoms with Gasteiger partial charge in [-0.25, -0.2) is 9.67 Å². The van der Waals surface area contributed by atoms with E-state index in [2.05, 4.69) is 10.00 Å². The average Bonchev–Trinajstić information content (AvgIpc) is 3.29. The normalized spacial score (nSPS) is 21.8. The molecule has 3 rings (SSSR count). The first kappa shape index (κ1) is 16.9. The molecule has 23 heavy (non-hydrogen) atoms. The van der Waals surface area contributed by atoms with Crippen molar-refractivity contribution >= 4 is 0 Å². The molecular formula is C18H32N4O. The second-order valence-corrected chi connectivity index (χ2v) is 7.26. The number of aliphatic hydroxyl groups is 1. The fourth-order valence-electron chi connectivity index (χ4n) is 3.36. The fraction of sp³-hybridized carbons (Fsp3) is 0.889. The predicted octanol–water partition coefficient (Wildman–Crippen LogP) is 2.74. The Morgan fingerprint density at radius 1 is 1.13 bits per heavy atom. The average molecular weight is 320 g/mol. The predicted molar refractivity (Wildman–Crippen MR) is 91.5 cm³/mol. The van der Waals surface area contributed by atoms with Crippen molar-refractivity contribution in [3.8, 4) is 0 Å². The van der Waals surface area contributed by atoms with E-state index in [1.165, 1.54) is 58.0 Å². The van der Waals surface area contributed by atoms with Gasteiger partial charge in [0, 0.05) is 18.9 Å². The molecule has 2 aliphatic rings. The van der Waals surface area contributed by atoms with Crippen LogP contribution in [0.15, 0.2) is 0 Å². The lowest BCUT2D eigenvalue weighted by Crippen LogP contribution is -2.30. The topological polar surface area (TPSA) is 54.2 Å². The largest absolute Gasteiger partial charge is 0.391 e. The summed E-state index contributed by atoms with van der Waals surface area (Å²) in [5.74, 6) is 2.66. The first-order valence-electron chi connectivity index (χ1n) is 9.60. The summed E-state index contributed by atoms with van der Waals surface area (Å²) in [7, 11) is 0. The molecule has 130 valence electrons. The lowest BCUT2D eigenvalue weighted by molar-refractivity contribution is 0.143. The van der Waals surface area contributed by atoms with Gasteiger partial charge in [0.15, 0.2) is 5.82 Å². The number of rotatable bonds is 7. The van der Waals surface area contributed by atoms with Crippen LogP contribution in [0.2, 0.25) is 0 Å². The molecule has 0 aromatic carbocycles. The van der Waals surface area contributed by atoms with Crippen LogP contribution in [0.4, 0.5) is 0 Å². The molecule has 1 aromatic heterocycles. The van der Waals surface area contributed by atoms with Crippen molar-refractivity contribution in [2.75, 3.05) is 19.6 Å². The minimum absolute atomic E-state index is 0.316. The first-order chi connectivity index (χ1) is 11.3. The number of aliphatic hydroxyl groups excluding tert-OH is 1. The Hall–Kier alpha value is -0.940. The van der Waals surface area contributed by atoms with E-state index in [0.717, 1.165) is 31.0 Å². The zero-order valence-electron chi connectivity index (χ0n) is 14.6. The fourth-order valence-corrected chi connectivity index (χ4v) is 3.36. The Morgan fingerprint density at radius 2 is 1.83 bits per heavy atom. The third kappa shape index (κ3) is 5.01. The Morgan fingerprint density at radius 3 is 2.48 bits per heavy atom. The van der Waals surface area contributed by atoms with Crippen molar-refractivity contribution in [2.45, 2.75) is 83.3 Å². The molecule has 0 spiro atoms. The minimum atomic E-state index is -0.316. The minimum Gasteiger partial charge on any atom is -0.391 e. The molecular weight excluding hydrogens is 288 g/mol. The van der Waals surface area contributed by atoms with Gasteiger partial charge in [0.2, 0.25) is 0 Å². The van der Waals surface area contributed by atoms with Gasteiger partial charge in [-0.05, 0) is 45.2 Å².